The first-order valence-electron chi connectivity index (χ1n) is 7.97. The Labute approximate surface area is 123 Å². The van der Waals surface area contributed by atoms with Crippen LogP contribution in [0, 0.1) is 0 Å². The molecule has 1 fully saturated rings. The Morgan fingerprint density at radius 1 is 1.15 bits per heavy atom. The number of aryl methyl sites for hydroxylation is 1. The molecule has 0 aromatic heterocycles. The Balaban J connectivity index is 1.55. The second-order valence-electron chi connectivity index (χ2n) is 5.77. The fourth-order valence-electron chi connectivity index (χ4n) is 2.70. The lowest BCUT2D eigenvalue weighted by molar-refractivity contribution is 0.0821. The maximum atomic E-state index is 9.46. The zero-order chi connectivity index (χ0) is 14.2. The van der Waals surface area contributed by atoms with Crippen molar-refractivity contribution in [3.8, 4) is 0 Å². The Hall–Kier alpha value is -0.900. The van der Waals surface area contributed by atoms with Crippen LogP contribution < -0.4 is 5.32 Å². The standard InChI is InChI=1S/C17H28N2O/c1-2-15-4-6-16(7-5-15)14-18-10-3-11-19-12-8-17(20)9-13-19/h4-7,17-18,20H,2-3,8-14H2,1H3. The van der Waals surface area contributed by atoms with Crippen molar-refractivity contribution in [2.24, 2.45) is 0 Å². The number of benzene rings is 1. The SMILES string of the molecule is CCc1ccc(CNCCCN2CCC(O)CC2)cc1. The van der Waals surface area contributed by atoms with Crippen LogP contribution in [0.25, 0.3) is 0 Å². The zero-order valence-electron chi connectivity index (χ0n) is 12.6. The van der Waals surface area contributed by atoms with Crippen LogP contribution in [0.4, 0.5) is 0 Å². The molecule has 0 radical (unpaired) electrons. The van der Waals surface area contributed by atoms with Gasteiger partial charge in [-0.1, -0.05) is 31.2 Å². The van der Waals surface area contributed by atoms with Gasteiger partial charge in [-0.15, -0.1) is 0 Å². The molecule has 1 aliphatic heterocycles. The summed E-state index contributed by atoms with van der Waals surface area (Å²) >= 11 is 0. The summed E-state index contributed by atoms with van der Waals surface area (Å²) in [5.74, 6) is 0. The van der Waals surface area contributed by atoms with E-state index in [4.69, 9.17) is 0 Å². The van der Waals surface area contributed by atoms with Gasteiger partial charge in [0.25, 0.3) is 0 Å². The van der Waals surface area contributed by atoms with Gasteiger partial charge in [0.15, 0.2) is 0 Å². The molecule has 3 heteroatoms. The van der Waals surface area contributed by atoms with Gasteiger partial charge in [-0.2, -0.15) is 0 Å². The Bertz CT molecular complexity index is 369. The lowest BCUT2D eigenvalue weighted by Gasteiger charge is -2.29. The fourth-order valence-corrected chi connectivity index (χ4v) is 2.70. The lowest BCUT2D eigenvalue weighted by Crippen LogP contribution is -2.37. The van der Waals surface area contributed by atoms with Gasteiger partial charge < -0.3 is 15.3 Å². The van der Waals surface area contributed by atoms with Gasteiger partial charge in [-0.3, -0.25) is 0 Å². The number of nitrogens with one attached hydrogen (secondary N) is 1. The minimum absolute atomic E-state index is 0.0598. The third kappa shape index (κ3) is 5.23. The zero-order valence-corrected chi connectivity index (χ0v) is 12.6. The Kier molecular flexibility index (Phi) is 6.51. The van der Waals surface area contributed by atoms with Crippen LogP contribution in [-0.4, -0.2) is 42.3 Å². The largest absolute Gasteiger partial charge is 0.393 e. The number of piperidine rings is 1. The second kappa shape index (κ2) is 8.40. The molecule has 1 aliphatic rings. The van der Waals surface area contributed by atoms with Gasteiger partial charge in [0.05, 0.1) is 6.10 Å². The lowest BCUT2D eigenvalue weighted by atomic mass is 10.1. The molecule has 2 N–H and O–H groups in total. The number of hydrogen-bond donors (Lipinski definition) is 2. The topological polar surface area (TPSA) is 35.5 Å². The van der Waals surface area contributed by atoms with Gasteiger partial charge in [-0.25, -0.2) is 0 Å². The van der Waals surface area contributed by atoms with Gasteiger partial charge in [0.1, 0.15) is 0 Å². The summed E-state index contributed by atoms with van der Waals surface area (Å²) in [5.41, 5.74) is 2.77. The molecule has 112 valence electrons. The third-order valence-corrected chi connectivity index (χ3v) is 4.15. The van der Waals surface area contributed by atoms with Gasteiger partial charge in [0, 0.05) is 19.6 Å². The molecule has 0 saturated carbocycles. The van der Waals surface area contributed by atoms with Crippen molar-refractivity contribution in [1.82, 2.24) is 10.2 Å². The van der Waals surface area contributed by atoms with E-state index in [-0.39, 0.29) is 6.10 Å². The first kappa shape index (κ1) is 15.5. The van der Waals surface area contributed by atoms with Crippen molar-refractivity contribution in [3.05, 3.63) is 35.4 Å². The van der Waals surface area contributed by atoms with Crippen LogP contribution in [0.15, 0.2) is 24.3 Å². The molecule has 1 heterocycles. The summed E-state index contributed by atoms with van der Waals surface area (Å²) in [7, 11) is 0. The molecule has 0 bridgehead atoms. The molecule has 1 aromatic rings. The molecule has 1 saturated heterocycles. The van der Waals surface area contributed by atoms with Crippen molar-refractivity contribution >= 4 is 0 Å². The highest BCUT2D eigenvalue weighted by Crippen LogP contribution is 2.09. The van der Waals surface area contributed by atoms with E-state index in [1.165, 1.54) is 17.5 Å². The molecular formula is C17H28N2O. The molecule has 0 spiro atoms. The molecule has 3 nitrogen and oxygen atoms in total. The van der Waals surface area contributed by atoms with E-state index in [0.29, 0.717) is 0 Å². The number of rotatable bonds is 7. The van der Waals surface area contributed by atoms with Crippen molar-refractivity contribution in [3.63, 3.8) is 0 Å². The van der Waals surface area contributed by atoms with Crippen LogP contribution in [0.1, 0.15) is 37.3 Å². The summed E-state index contributed by atoms with van der Waals surface area (Å²) in [6.45, 7) is 7.47. The summed E-state index contributed by atoms with van der Waals surface area (Å²) in [6, 6.07) is 8.88. The minimum Gasteiger partial charge on any atom is -0.393 e. The van der Waals surface area contributed by atoms with E-state index < -0.39 is 0 Å². The van der Waals surface area contributed by atoms with Gasteiger partial charge in [-0.05, 0) is 49.9 Å². The van der Waals surface area contributed by atoms with Crippen LogP contribution in [0.3, 0.4) is 0 Å². The average molecular weight is 276 g/mol. The summed E-state index contributed by atoms with van der Waals surface area (Å²) in [6.07, 6.45) is 4.12. The van der Waals surface area contributed by atoms with E-state index in [2.05, 4.69) is 41.4 Å². The molecule has 0 atom stereocenters. The normalized spacial score (nSPS) is 17.5. The number of nitrogens with zero attached hydrogens (tertiary/aromatic N) is 1. The van der Waals surface area contributed by atoms with Crippen molar-refractivity contribution in [2.45, 2.75) is 45.3 Å². The maximum absolute atomic E-state index is 9.46. The van der Waals surface area contributed by atoms with E-state index in [1.54, 1.807) is 0 Å². The predicted octanol–water partition coefficient (Wildman–Crippen LogP) is 2.19. The number of hydrogen-bond acceptors (Lipinski definition) is 3. The molecule has 2 rings (SSSR count). The molecule has 0 amide bonds. The highest BCUT2D eigenvalue weighted by Gasteiger charge is 2.15. The van der Waals surface area contributed by atoms with Crippen LogP contribution in [0.2, 0.25) is 0 Å². The Morgan fingerprint density at radius 2 is 1.80 bits per heavy atom. The fraction of sp³-hybridized carbons (Fsp3) is 0.647. The van der Waals surface area contributed by atoms with Crippen LogP contribution in [-0.2, 0) is 13.0 Å². The van der Waals surface area contributed by atoms with Crippen molar-refractivity contribution < 1.29 is 5.11 Å². The number of aliphatic hydroxyl groups excluding tert-OH is 1. The van der Waals surface area contributed by atoms with Crippen molar-refractivity contribution in [1.29, 1.82) is 0 Å². The first-order valence-corrected chi connectivity index (χ1v) is 7.97. The van der Waals surface area contributed by atoms with Crippen molar-refractivity contribution in [2.75, 3.05) is 26.2 Å². The average Bonchev–Trinajstić information content (AvgIpc) is 2.49. The Morgan fingerprint density at radius 3 is 2.45 bits per heavy atom. The van der Waals surface area contributed by atoms with Crippen LogP contribution >= 0.6 is 0 Å². The molecular weight excluding hydrogens is 248 g/mol. The smallest absolute Gasteiger partial charge is 0.0564 e. The monoisotopic (exact) mass is 276 g/mol. The van der Waals surface area contributed by atoms with Crippen LogP contribution in [0.5, 0.6) is 0 Å². The van der Waals surface area contributed by atoms with Gasteiger partial charge >= 0.3 is 0 Å². The molecule has 20 heavy (non-hydrogen) atoms. The quantitative estimate of drug-likeness (QED) is 0.749. The summed E-state index contributed by atoms with van der Waals surface area (Å²) in [5, 5.41) is 13.0. The van der Waals surface area contributed by atoms with E-state index in [9.17, 15) is 5.11 Å². The number of aliphatic hydroxyl groups is 1. The minimum atomic E-state index is -0.0598. The van der Waals surface area contributed by atoms with Gasteiger partial charge in [0.2, 0.25) is 0 Å². The molecule has 0 aliphatic carbocycles. The first-order chi connectivity index (χ1) is 9.78. The highest BCUT2D eigenvalue weighted by molar-refractivity contribution is 5.22. The van der Waals surface area contributed by atoms with E-state index >= 15 is 0 Å². The second-order valence-corrected chi connectivity index (χ2v) is 5.77. The summed E-state index contributed by atoms with van der Waals surface area (Å²) in [4.78, 5) is 2.46. The molecule has 1 aromatic carbocycles. The highest BCUT2D eigenvalue weighted by atomic mass is 16.3. The summed E-state index contributed by atoms with van der Waals surface area (Å²) < 4.78 is 0. The predicted molar refractivity (Wildman–Crippen MR) is 83.8 cm³/mol. The van der Waals surface area contributed by atoms with E-state index in [0.717, 1.165) is 52.0 Å². The molecule has 0 unspecified atom stereocenters. The number of likely N-dealkylation sites (tertiary alicyclic amines) is 1. The maximum Gasteiger partial charge on any atom is 0.0564 e. The van der Waals surface area contributed by atoms with E-state index in [1.807, 2.05) is 0 Å². The third-order valence-electron chi connectivity index (χ3n) is 4.15.